The van der Waals surface area contributed by atoms with E-state index >= 15 is 0 Å². The van der Waals surface area contributed by atoms with E-state index in [-0.39, 0.29) is 12.2 Å². The van der Waals surface area contributed by atoms with Crippen molar-refractivity contribution in [3.63, 3.8) is 0 Å². The summed E-state index contributed by atoms with van der Waals surface area (Å²) in [7, 11) is 3.11. The van der Waals surface area contributed by atoms with E-state index in [1.54, 1.807) is 32.4 Å². The lowest BCUT2D eigenvalue weighted by atomic mass is 10.1. The van der Waals surface area contributed by atoms with E-state index in [2.05, 4.69) is 4.98 Å². The zero-order valence-corrected chi connectivity index (χ0v) is 16.3. The SMILES string of the molecule is COc1ccc(C(=O)Cc2cn(Cc3cccc(Cl)c3)c(C)n2)cc1OC. The minimum Gasteiger partial charge on any atom is -0.493 e. The van der Waals surface area contributed by atoms with Crippen LogP contribution in [0.3, 0.4) is 0 Å². The summed E-state index contributed by atoms with van der Waals surface area (Å²) >= 11 is 6.05. The monoisotopic (exact) mass is 384 g/mol. The van der Waals surface area contributed by atoms with Crippen molar-refractivity contribution in [1.82, 2.24) is 9.55 Å². The van der Waals surface area contributed by atoms with Gasteiger partial charge in [-0.3, -0.25) is 4.79 Å². The summed E-state index contributed by atoms with van der Waals surface area (Å²) in [5.74, 6) is 1.95. The van der Waals surface area contributed by atoms with E-state index in [1.165, 1.54) is 0 Å². The zero-order valence-electron chi connectivity index (χ0n) is 15.5. The summed E-state index contributed by atoms with van der Waals surface area (Å²) in [6, 6.07) is 12.9. The van der Waals surface area contributed by atoms with Crippen LogP contribution in [0.2, 0.25) is 5.02 Å². The van der Waals surface area contributed by atoms with Crippen molar-refractivity contribution in [1.29, 1.82) is 0 Å². The molecule has 0 spiro atoms. The molecule has 0 aliphatic rings. The molecule has 1 aromatic heterocycles. The second-order valence-corrected chi connectivity index (χ2v) is 6.64. The molecular formula is C21H21ClN2O3. The number of aryl methyl sites for hydroxylation is 1. The van der Waals surface area contributed by atoms with Crippen molar-refractivity contribution in [3.8, 4) is 11.5 Å². The van der Waals surface area contributed by atoms with Gasteiger partial charge in [0.15, 0.2) is 17.3 Å². The second kappa shape index (κ2) is 8.27. The quantitative estimate of drug-likeness (QED) is 0.569. The summed E-state index contributed by atoms with van der Waals surface area (Å²) in [6.07, 6.45) is 2.13. The molecule has 0 fully saturated rings. The molecule has 6 heteroatoms. The van der Waals surface area contributed by atoms with E-state index in [4.69, 9.17) is 21.1 Å². The molecule has 0 saturated heterocycles. The number of hydrogen-bond acceptors (Lipinski definition) is 4. The number of carbonyl (C=O) groups excluding carboxylic acids is 1. The van der Waals surface area contributed by atoms with Crippen molar-refractivity contribution in [3.05, 3.63) is 76.3 Å². The molecule has 0 aliphatic heterocycles. The fraction of sp³-hybridized carbons (Fsp3) is 0.238. The number of aromatic nitrogens is 2. The lowest BCUT2D eigenvalue weighted by Crippen LogP contribution is -2.05. The minimum absolute atomic E-state index is 0.0247. The molecule has 0 aliphatic carbocycles. The Hall–Kier alpha value is -2.79. The van der Waals surface area contributed by atoms with Gasteiger partial charge in [-0.25, -0.2) is 4.98 Å². The zero-order chi connectivity index (χ0) is 19.4. The third-order valence-corrected chi connectivity index (χ3v) is 4.55. The van der Waals surface area contributed by atoms with Crippen molar-refractivity contribution in [2.75, 3.05) is 14.2 Å². The highest BCUT2D eigenvalue weighted by atomic mass is 35.5. The molecule has 0 amide bonds. The fourth-order valence-electron chi connectivity index (χ4n) is 2.93. The van der Waals surface area contributed by atoms with Gasteiger partial charge < -0.3 is 14.0 Å². The summed E-state index contributed by atoms with van der Waals surface area (Å²) in [6.45, 7) is 2.58. The highest BCUT2D eigenvalue weighted by molar-refractivity contribution is 6.30. The van der Waals surface area contributed by atoms with Gasteiger partial charge in [0, 0.05) is 23.3 Å². The minimum atomic E-state index is -0.0247. The van der Waals surface area contributed by atoms with Crippen LogP contribution >= 0.6 is 11.6 Å². The lowest BCUT2D eigenvalue weighted by Gasteiger charge is -2.08. The molecule has 1 heterocycles. The Morgan fingerprint density at radius 1 is 1.11 bits per heavy atom. The summed E-state index contributed by atoms with van der Waals surface area (Å²) in [5, 5.41) is 0.703. The van der Waals surface area contributed by atoms with Crippen LogP contribution in [-0.4, -0.2) is 29.6 Å². The number of ether oxygens (including phenoxy) is 2. The number of ketones is 1. The van der Waals surface area contributed by atoms with Crippen molar-refractivity contribution >= 4 is 17.4 Å². The normalized spacial score (nSPS) is 10.7. The third-order valence-electron chi connectivity index (χ3n) is 4.32. The number of methoxy groups -OCH3 is 2. The van der Waals surface area contributed by atoms with Crippen molar-refractivity contribution in [2.45, 2.75) is 19.9 Å². The molecule has 5 nitrogen and oxygen atoms in total. The molecule has 0 unspecified atom stereocenters. The molecule has 3 aromatic rings. The first-order valence-electron chi connectivity index (χ1n) is 8.52. The van der Waals surface area contributed by atoms with Gasteiger partial charge in [0.05, 0.1) is 26.3 Å². The van der Waals surface area contributed by atoms with Gasteiger partial charge >= 0.3 is 0 Å². The third kappa shape index (κ3) is 4.49. The van der Waals surface area contributed by atoms with Crippen LogP contribution in [0.15, 0.2) is 48.7 Å². The molecule has 0 bridgehead atoms. The van der Waals surface area contributed by atoms with Crippen LogP contribution in [0.4, 0.5) is 0 Å². The van der Waals surface area contributed by atoms with Crippen LogP contribution in [-0.2, 0) is 13.0 Å². The van der Waals surface area contributed by atoms with Crippen molar-refractivity contribution in [2.24, 2.45) is 0 Å². The average Bonchev–Trinajstić information content (AvgIpc) is 2.99. The lowest BCUT2D eigenvalue weighted by molar-refractivity contribution is 0.0991. The molecule has 2 aromatic carbocycles. The maximum atomic E-state index is 12.6. The number of benzene rings is 2. The maximum absolute atomic E-state index is 12.6. The molecule has 0 saturated carbocycles. The number of Topliss-reactive ketones (excluding diaryl/α,β-unsaturated/α-hetero) is 1. The van der Waals surface area contributed by atoms with Gasteiger partial charge in [-0.1, -0.05) is 23.7 Å². The summed E-state index contributed by atoms with van der Waals surface area (Å²) in [4.78, 5) is 17.2. The van der Waals surface area contributed by atoms with Gasteiger partial charge in [0.25, 0.3) is 0 Å². The van der Waals surface area contributed by atoms with Crippen LogP contribution in [0, 0.1) is 6.92 Å². The van der Waals surface area contributed by atoms with Gasteiger partial charge in [0.2, 0.25) is 0 Å². The molecular weight excluding hydrogens is 364 g/mol. The number of carbonyl (C=O) groups is 1. The molecule has 0 N–H and O–H groups in total. The first-order chi connectivity index (χ1) is 13.0. The average molecular weight is 385 g/mol. The highest BCUT2D eigenvalue weighted by Crippen LogP contribution is 2.28. The molecule has 3 rings (SSSR count). The number of rotatable bonds is 7. The number of nitrogens with zero attached hydrogens (tertiary/aromatic N) is 2. The smallest absolute Gasteiger partial charge is 0.169 e. The largest absolute Gasteiger partial charge is 0.493 e. The van der Waals surface area contributed by atoms with E-state index in [1.807, 2.05) is 42.0 Å². The Morgan fingerprint density at radius 2 is 1.89 bits per heavy atom. The molecule has 0 atom stereocenters. The Labute approximate surface area is 163 Å². The van der Waals surface area contributed by atoms with Gasteiger partial charge in [0.1, 0.15) is 5.82 Å². The standard InChI is InChI=1S/C21H21ClN2O3/c1-14-23-18(13-24(14)12-15-5-4-6-17(22)9-15)11-19(25)16-7-8-20(26-2)21(10-16)27-3/h4-10,13H,11-12H2,1-3H3. The molecule has 140 valence electrons. The van der Waals surface area contributed by atoms with Gasteiger partial charge in [-0.05, 0) is 42.8 Å². The van der Waals surface area contributed by atoms with Crippen LogP contribution in [0.1, 0.15) is 27.4 Å². The summed E-state index contributed by atoms with van der Waals surface area (Å²) < 4.78 is 12.5. The van der Waals surface area contributed by atoms with E-state index in [9.17, 15) is 4.79 Å². The predicted molar refractivity (Wildman–Crippen MR) is 105 cm³/mol. The van der Waals surface area contributed by atoms with Gasteiger partial charge in [-0.15, -0.1) is 0 Å². The Bertz CT molecular complexity index is 966. The van der Waals surface area contributed by atoms with Crippen LogP contribution in [0.25, 0.3) is 0 Å². The number of hydrogen-bond donors (Lipinski definition) is 0. The van der Waals surface area contributed by atoms with E-state index in [0.29, 0.717) is 28.6 Å². The highest BCUT2D eigenvalue weighted by Gasteiger charge is 2.14. The van der Waals surface area contributed by atoms with Crippen molar-refractivity contribution < 1.29 is 14.3 Å². The number of imidazole rings is 1. The van der Waals surface area contributed by atoms with E-state index in [0.717, 1.165) is 17.1 Å². The predicted octanol–water partition coefficient (Wildman–Crippen LogP) is 4.34. The Balaban J connectivity index is 1.75. The Morgan fingerprint density at radius 3 is 2.59 bits per heavy atom. The fourth-order valence-corrected chi connectivity index (χ4v) is 3.14. The maximum Gasteiger partial charge on any atom is 0.169 e. The molecule has 27 heavy (non-hydrogen) atoms. The van der Waals surface area contributed by atoms with Gasteiger partial charge in [-0.2, -0.15) is 0 Å². The van der Waals surface area contributed by atoms with Crippen LogP contribution < -0.4 is 9.47 Å². The first kappa shape index (κ1) is 19.0. The molecule has 0 radical (unpaired) electrons. The van der Waals surface area contributed by atoms with Crippen LogP contribution in [0.5, 0.6) is 11.5 Å². The van der Waals surface area contributed by atoms with E-state index < -0.39 is 0 Å². The topological polar surface area (TPSA) is 53.4 Å². The second-order valence-electron chi connectivity index (χ2n) is 6.21. The Kier molecular flexibility index (Phi) is 5.81. The number of halogens is 1. The summed E-state index contributed by atoms with van der Waals surface area (Å²) in [5.41, 5.74) is 2.38. The first-order valence-corrected chi connectivity index (χ1v) is 8.90.